The summed E-state index contributed by atoms with van der Waals surface area (Å²) in [4.78, 5) is 34.9. The van der Waals surface area contributed by atoms with Gasteiger partial charge in [0.05, 0.1) is 6.42 Å². The van der Waals surface area contributed by atoms with Crippen LogP contribution in [0.25, 0.3) is 0 Å². The molecule has 0 aliphatic rings. The number of esters is 1. The van der Waals surface area contributed by atoms with E-state index >= 15 is 0 Å². The molecular formula is C16H22N2O4. The van der Waals surface area contributed by atoms with Crippen molar-refractivity contribution >= 4 is 17.8 Å². The quantitative estimate of drug-likeness (QED) is 0.706. The maximum atomic E-state index is 12.2. The largest absolute Gasteiger partial charge is 0.464 e. The number of nitrogens with one attached hydrogen (secondary N) is 1. The van der Waals surface area contributed by atoms with E-state index in [2.05, 4.69) is 5.32 Å². The van der Waals surface area contributed by atoms with Crippen LogP contribution >= 0.6 is 0 Å². The molecule has 0 saturated heterocycles. The first-order valence-electron chi connectivity index (χ1n) is 7.26. The van der Waals surface area contributed by atoms with Gasteiger partial charge in [0, 0.05) is 5.56 Å². The summed E-state index contributed by atoms with van der Waals surface area (Å²) in [7, 11) is 0. The fourth-order valence-electron chi connectivity index (χ4n) is 1.83. The summed E-state index contributed by atoms with van der Waals surface area (Å²) in [5, 5.41) is 2.69. The minimum atomic E-state index is -0.759. The van der Waals surface area contributed by atoms with Gasteiger partial charge in [-0.1, -0.05) is 38.5 Å². The van der Waals surface area contributed by atoms with Crippen LogP contribution in [0.15, 0.2) is 30.3 Å². The molecule has 1 rings (SSSR count). The molecule has 0 aliphatic carbocycles. The van der Waals surface area contributed by atoms with Crippen molar-refractivity contribution in [3.8, 4) is 0 Å². The topological polar surface area (TPSA) is 98.5 Å². The van der Waals surface area contributed by atoms with Gasteiger partial charge in [0.1, 0.15) is 12.6 Å². The van der Waals surface area contributed by atoms with Crippen LogP contribution < -0.4 is 11.1 Å². The Labute approximate surface area is 130 Å². The zero-order valence-corrected chi connectivity index (χ0v) is 12.9. The van der Waals surface area contributed by atoms with Crippen molar-refractivity contribution in [3.05, 3.63) is 35.9 Å². The van der Waals surface area contributed by atoms with Gasteiger partial charge >= 0.3 is 5.97 Å². The lowest BCUT2D eigenvalue weighted by atomic mass is 9.99. The molecule has 120 valence electrons. The molecule has 2 atom stereocenters. The Morgan fingerprint density at radius 2 is 1.86 bits per heavy atom. The van der Waals surface area contributed by atoms with E-state index in [0.717, 1.165) is 0 Å². The highest BCUT2D eigenvalue weighted by Gasteiger charge is 2.27. The molecule has 22 heavy (non-hydrogen) atoms. The average molecular weight is 306 g/mol. The highest BCUT2D eigenvalue weighted by Crippen LogP contribution is 2.11. The molecule has 6 heteroatoms. The SMILES string of the molecule is CCC(C)C(NC(=O)c1ccccc1)C(=O)OCCC(N)=O. The van der Waals surface area contributed by atoms with Crippen LogP contribution in [0.2, 0.25) is 0 Å². The maximum Gasteiger partial charge on any atom is 0.328 e. The Morgan fingerprint density at radius 3 is 2.41 bits per heavy atom. The van der Waals surface area contributed by atoms with Gasteiger partial charge in [-0.2, -0.15) is 0 Å². The van der Waals surface area contributed by atoms with Crippen LogP contribution in [0, 0.1) is 5.92 Å². The Morgan fingerprint density at radius 1 is 1.23 bits per heavy atom. The van der Waals surface area contributed by atoms with E-state index in [1.54, 1.807) is 30.3 Å². The van der Waals surface area contributed by atoms with Crippen LogP contribution in [0.3, 0.4) is 0 Å². The third-order valence-corrected chi connectivity index (χ3v) is 3.38. The molecule has 2 amide bonds. The monoisotopic (exact) mass is 306 g/mol. The summed E-state index contributed by atoms with van der Waals surface area (Å²) >= 11 is 0. The first kappa shape index (κ1) is 17.7. The second-order valence-corrected chi connectivity index (χ2v) is 5.09. The molecule has 2 unspecified atom stereocenters. The maximum absolute atomic E-state index is 12.2. The third kappa shape index (κ3) is 5.55. The number of hydrogen-bond donors (Lipinski definition) is 2. The lowest BCUT2D eigenvalue weighted by Crippen LogP contribution is -2.46. The van der Waals surface area contributed by atoms with Crippen molar-refractivity contribution in [1.82, 2.24) is 5.32 Å². The van der Waals surface area contributed by atoms with Gasteiger partial charge in [0.25, 0.3) is 5.91 Å². The van der Waals surface area contributed by atoms with Crippen molar-refractivity contribution in [3.63, 3.8) is 0 Å². The second kappa shape index (κ2) is 8.81. The average Bonchev–Trinajstić information content (AvgIpc) is 2.51. The molecule has 6 nitrogen and oxygen atoms in total. The molecule has 1 aromatic rings. The summed E-state index contributed by atoms with van der Waals surface area (Å²) in [5.41, 5.74) is 5.47. The minimum Gasteiger partial charge on any atom is -0.464 e. The highest BCUT2D eigenvalue weighted by molar-refractivity contribution is 5.96. The molecule has 0 spiro atoms. The zero-order chi connectivity index (χ0) is 16.5. The van der Waals surface area contributed by atoms with Gasteiger partial charge < -0.3 is 15.8 Å². The number of carbonyl (C=O) groups excluding carboxylic acids is 3. The number of ether oxygens (including phenoxy) is 1. The number of primary amides is 1. The molecule has 0 bridgehead atoms. The molecule has 1 aromatic carbocycles. The van der Waals surface area contributed by atoms with E-state index in [4.69, 9.17) is 10.5 Å². The highest BCUT2D eigenvalue weighted by atomic mass is 16.5. The van der Waals surface area contributed by atoms with E-state index < -0.39 is 17.9 Å². The van der Waals surface area contributed by atoms with Gasteiger partial charge in [0.2, 0.25) is 5.91 Å². The Hall–Kier alpha value is -2.37. The number of rotatable bonds is 8. The Kier molecular flexibility index (Phi) is 7.08. The van der Waals surface area contributed by atoms with E-state index in [1.165, 1.54) is 0 Å². The molecule has 0 saturated carbocycles. The van der Waals surface area contributed by atoms with Gasteiger partial charge in [-0.3, -0.25) is 9.59 Å². The van der Waals surface area contributed by atoms with Crippen LogP contribution in [0.4, 0.5) is 0 Å². The van der Waals surface area contributed by atoms with Crippen molar-refractivity contribution in [1.29, 1.82) is 0 Å². The Balaban J connectivity index is 2.70. The van der Waals surface area contributed by atoms with E-state index in [0.29, 0.717) is 12.0 Å². The lowest BCUT2D eigenvalue weighted by Gasteiger charge is -2.22. The fraction of sp³-hybridized carbons (Fsp3) is 0.438. The van der Waals surface area contributed by atoms with Crippen LogP contribution in [0.1, 0.15) is 37.0 Å². The molecule has 0 fully saturated rings. The number of carbonyl (C=O) groups is 3. The van der Waals surface area contributed by atoms with E-state index in [-0.39, 0.29) is 24.9 Å². The van der Waals surface area contributed by atoms with Gasteiger partial charge in [-0.25, -0.2) is 4.79 Å². The lowest BCUT2D eigenvalue weighted by molar-refractivity contribution is -0.147. The standard InChI is InChI=1S/C16H22N2O4/c1-3-11(2)14(16(21)22-10-9-13(17)19)18-15(20)12-7-5-4-6-8-12/h4-8,11,14H,3,9-10H2,1-2H3,(H2,17,19)(H,18,20). The zero-order valence-electron chi connectivity index (χ0n) is 12.9. The number of amides is 2. The predicted octanol–water partition coefficient (Wildman–Crippen LogP) is 1.25. The van der Waals surface area contributed by atoms with Crippen LogP contribution in [0.5, 0.6) is 0 Å². The summed E-state index contributed by atoms with van der Waals surface area (Å²) in [6.07, 6.45) is 0.663. The molecular weight excluding hydrogens is 284 g/mol. The summed E-state index contributed by atoms with van der Waals surface area (Å²) in [5.74, 6) is -1.52. The Bertz CT molecular complexity index is 516. The van der Waals surface area contributed by atoms with Gasteiger partial charge in [0.15, 0.2) is 0 Å². The first-order chi connectivity index (χ1) is 10.5. The number of hydrogen-bond acceptors (Lipinski definition) is 4. The fourth-order valence-corrected chi connectivity index (χ4v) is 1.83. The van der Waals surface area contributed by atoms with Crippen LogP contribution in [-0.4, -0.2) is 30.4 Å². The number of nitrogens with two attached hydrogens (primary N) is 1. The normalized spacial score (nSPS) is 13.0. The van der Waals surface area contributed by atoms with Gasteiger partial charge in [-0.05, 0) is 18.1 Å². The molecule has 0 radical (unpaired) electrons. The van der Waals surface area contributed by atoms with Gasteiger partial charge in [-0.15, -0.1) is 0 Å². The van der Waals surface area contributed by atoms with Crippen molar-refractivity contribution in [2.45, 2.75) is 32.7 Å². The smallest absolute Gasteiger partial charge is 0.328 e. The molecule has 3 N–H and O–H groups in total. The summed E-state index contributed by atoms with van der Waals surface area (Å²) < 4.78 is 5.02. The van der Waals surface area contributed by atoms with E-state index in [9.17, 15) is 14.4 Å². The summed E-state index contributed by atoms with van der Waals surface area (Å²) in [6.45, 7) is 3.69. The molecule has 0 heterocycles. The van der Waals surface area contributed by atoms with Crippen molar-refractivity contribution in [2.24, 2.45) is 11.7 Å². The second-order valence-electron chi connectivity index (χ2n) is 5.09. The van der Waals surface area contributed by atoms with Crippen LogP contribution in [-0.2, 0) is 14.3 Å². The molecule has 0 aromatic heterocycles. The summed E-state index contributed by atoms with van der Waals surface area (Å²) in [6, 6.07) is 7.88. The minimum absolute atomic E-state index is 0.0361. The predicted molar refractivity (Wildman–Crippen MR) is 81.9 cm³/mol. The first-order valence-corrected chi connectivity index (χ1v) is 7.26. The third-order valence-electron chi connectivity index (χ3n) is 3.38. The van der Waals surface area contributed by atoms with E-state index in [1.807, 2.05) is 13.8 Å². The van der Waals surface area contributed by atoms with Crippen molar-refractivity contribution in [2.75, 3.05) is 6.61 Å². The van der Waals surface area contributed by atoms with Crippen molar-refractivity contribution < 1.29 is 19.1 Å². The number of benzene rings is 1. The molecule has 0 aliphatic heterocycles.